The molecule has 1 aromatic heterocycles. The first-order valence-corrected chi connectivity index (χ1v) is 7.85. The lowest BCUT2D eigenvalue weighted by Crippen LogP contribution is -2.32. The average molecular weight is 333 g/mol. The summed E-state index contributed by atoms with van der Waals surface area (Å²) in [4.78, 5) is 13.9. The van der Waals surface area contributed by atoms with Crippen LogP contribution in [0.2, 0.25) is 0 Å². The van der Waals surface area contributed by atoms with Crippen LogP contribution in [-0.4, -0.2) is 42.9 Å². The van der Waals surface area contributed by atoms with Gasteiger partial charge in [0.25, 0.3) is 5.91 Å². The zero-order chi connectivity index (χ0) is 17.7. The molecule has 130 valence electrons. The third kappa shape index (κ3) is 4.11. The molecule has 6 nitrogen and oxygen atoms in total. The van der Waals surface area contributed by atoms with Crippen LogP contribution in [0.15, 0.2) is 24.3 Å². The van der Waals surface area contributed by atoms with Gasteiger partial charge in [-0.2, -0.15) is 5.10 Å². The number of hydrogen-bond donors (Lipinski definition) is 2. The molecule has 0 fully saturated rings. The summed E-state index contributed by atoms with van der Waals surface area (Å²) in [6, 6.07) is 5.96. The summed E-state index contributed by atoms with van der Waals surface area (Å²) in [5.41, 5.74) is 2.17. The van der Waals surface area contributed by atoms with Gasteiger partial charge >= 0.3 is 0 Å². The molecule has 0 aliphatic rings. The number of carbonyl (C=O) groups is 1. The highest BCUT2D eigenvalue weighted by Gasteiger charge is 2.14. The number of halogens is 1. The fraction of sp³-hybridized carbons (Fsp3) is 0.412. The maximum Gasteiger partial charge on any atom is 0.254 e. The van der Waals surface area contributed by atoms with Gasteiger partial charge in [0.05, 0.1) is 11.3 Å². The van der Waals surface area contributed by atoms with Gasteiger partial charge in [0.15, 0.2) is 0 Å². The second-order valence-electron chi connectivity index (χ2n) is 5.82. The molecule has 2 N–H and O–H groups in total. The largest absolute Gasteiger partial charge is 0.363 e. The molecule has 1 heterocycles. The minimum atomic E-state index is -0.510. The normalized spacial score (nSPS) is 10.7. The molecule has 7 heteroatoms. The Morgan fingerprint density at radius 3 is 2.67 bits per heavy atom. The first-order valence-electron chi connectivity index (χ1n) is 7.85. The van der Waals surface area contributed by atoms with Crippen LogP contribution in [-0.2, 0) is 13.6 Å². The van der Waals surface area contributed by atoms with E-state index in [1.165, 1.54) is 12.1 Å². The molecule has 1 amide bonds. The Hall–Kier alpha value is -2.41. The van der Waals surface area contributed by atoms with Crippen molar-refractivity contribution < 1.29 is 9.18 Å². The highest BCUT2D eigenvalue weighted by Crippen LogP contribution is 2.20. The lowest BCUT2D eigenvalue weighted by Gasteiger charge is -2.15. The summed E-state index contributed by atoms with van der Waals surface area (Å²) in [5, 5.41) is 10.4. The molecule has 0 aliphatic heterocycles. The van der Waals surface area contributed by atoms with E-state index in [1.54, 1.807) is 12.1 Å². The number of aromatic nitrogens is 2. The molecule has 0 aliphatic carbocycles. The van der Waals surface area contributed by atoms with Crippen molar-refractivity contribution >= 4 is 11.7 Å². The monoisotopic (exact) mass is 333 g/mol. The van der Waals surface area contributed by atoms with Gasteiger partial charge in [-0.3, -0.25) is 9.48 Å². The highest BCUT2D eigenvalue weighted by atomic mass is 19.1. The zero-order valence-corrected chi connectivity index (χ0v) is 14.6. The summed E-state index contributed by atoms with van der Waals surface area (Å²) in [7, 11) is 5.88. The lowest BCUT2D eigenvalue weighted by atomic mass is 10.2. The van der Waals surface area contributed by atoms with Crippen LogP contribution in [0.25, 0.3) is 0 Å². The van der Waals surface area contributed by atoms with Gasteiger partial charge in [0, 0.05) is 46.3 Å². The van der Waals surface area contributed by atoms with E-state index in [1.807, 2.05) is 37.6 Å². The topological polar surface area (TPSA) is 62.2 Å². The van der Waals surface area contributed by atoms with Crippen molar-refractivity contribution in [2.45, 2.75) is 13.5 Å². The maximum atomic E-state index is 13.5. The summed E-state index contributed by atoms with van der Waals surface area (Å²) >= 11 is 0. The molecule has 0 saturated heterocycles. The fourth-order valence-electron chi connectivity index (χ4n) is 2.67. The second kappa shape index (κ2) is 7.92. The van der Waals surface area contributed by atoms with Crippen molar-refractivity contribution in [1.82, 2.24) is 20.4 Å². The van der Waals surface area contributed by atoms with Crippen molar-refractivity contribution in [3.05, 3.63) is 46.9 Å². The van der Waals surface area contributed by atoms with Crippen LogP contribution >= 0.6 is 0 Å². The second-order valence-corrected chi connectivity index (χ2v) is 5.82. The summed E-state index contributed by atoms with van der Waals surface area (Å²) in [6.07, 6.45) is 0. The molecule has 1 aromatic carbocycles. The first-order chi connectivity index (χ1) is 11.4. The van der Waals surface area contributed by atoms with Crippen LogP contribution in [0, 0.1) is 12.7 Å². The molecular formula is C17H24FN5O. The van der Waals surface area contributed by atoms with Gasteiger partial charge in [0.1, 0.15) is 11.6 Å². The van der Waals surface area contributed by atoms with E-state index >= 15 is 0 Å². The lowest BCUT2D eigenvalue weighted by molar-refractivity contribution is 0.0950. The summed E-state index contributed by atoms with van der Waals surface area (Å²) in [6.45, 7) is 3.64. The average Bonchev–Trinajstić information content (AvgIpc) is 2.81. The summed E-state index contributed by atoms with van der Waals surface area (Å²) < 4.78 is 15.4. The number of aryl methyl sites for hydroxylation is 2. The van der Waals surface area contributed by atoms with Gasteiger partial charge in [0.2, 0.25) is 0 Å². The van der Waals surface area contributed by atoms with Crippen molar-refractivity contribution in [3.8, 4) is 0 Å². The van der Waals surface area contributed by atoms with Gasteiger partial charge in [-0.25, -0.2) is 4.39 Å². The van der Waals surface area contributed by atoms with E-state index in [-0.39, 0.29) is 5.56 Å². The number of nitrogens with zero attached hydrogens (tertiary/aromatic N) is 3. The van der Waals surface area contributed by atoms with Crippen LogP contribution in [0.3, 0.4) is 0 Å². The van der Waals surface area contributed by atoms with E-state index in [9.17, 15) is 9.18 Å². The molecule has 0 saturated carbocycles. The number of rotatable bonds is 7. The molecule has 0 atom stereocenters. The SMILES string of the molecule is Cc1nn(C)c(N(C)C)c1CNCCNC(=O)c1ccccc1F. The predicted octanol–water partition coefficient (Wildman–Crippen LogP) is 1.45. The first kappa shape index (κ1) is 17.9. The van der Waals surface area contributed by atoms with Gasteiger partial charge in [-0.15, -0.1) is 0 Å². The molecule has 0 radical (unpaired) electrons. The van der Waals surface area contributed by atoms with Gasteiger partial charge in [-0.1, -0.05) is 12.1 Å². The van der Waals surface area contributed by atoms with E-state index in [4.69, 9.17) is 0 Å². The predicted molar refractivity (Wildman–Crippen MR) is 92.7 cm³/mol. The highest BCUT2D eigenvalue weighted by molar-refractivity contribution is 5.94. The molecule has 24 heavy (non-hydrogen) atoms. The Balaban J connectivity index is 1.82. The quantitative estimate of drug-likeness (QED) is 0.753. The fourth-order valence-corrected chi connectivity index (χ4v) is 2.67. The number of benzene rings is 1. The molecule has 0 bridgehead atoms. The standard InChI is InChI=1S/C17H24FN5O/c1-12-14(17(22(2)3)23(4)21-12)11-19-9-10-20-16(24)13-7-5-6-8-15(13)18/h5-8,19H,9-11H2,1-4H3,(H,20,24). The Morgan fingerprint density at radius 1 is 1.29 bits per heavy atom. The Labute approximate surface area is 141 Å². The number of nitrogens with one attached hydrogen (secondary N) is 2. The summed E-state index contributed by atoms with van der Waals surface area (Å²) in [5.74, 6) is 0.140. The smallest absolute Gasteiger partial charge is 0.254 e. The number of anilines is 1. The van der Waals surface area contributed by atoms with Crippen LogP contribution in [0.4, 0.5) is 10.2 Å². The zero-order valence-electron chi connectivity index (χ0n) is 14.6. The molecule has 2 rings (SSSR count). The Bertz CT molecular complexity index is 711. The van der Waals surface area contributed by atoms with Crippen LogP contribution < -0.4 is 15.5 Å². The van der Waals surface area contributed by atoms with E-state index in [2.05, 4.69) is 15.7 Å². The van der Waals surface area contributed by atoms with Crippen molar-refractivity contribution in [3.63, 3.8) is 0 Å². The van der Waals surface area contributed by atoms with Crippen molar-refractivity contribution in [2.24, 2.45) is 7.05 Å². The van der Waals surface area contributed by atoms with Crippen LogP contribution in [0.5, 0.6) is 0 Å². The van der Waals surface area contributed by atoms with Crippen molar-refractivity contribution in [1.29, 1.82) is 0 Å². The van der Waals surface area contributed by atoms with Crippen molar-refractivity contribution in [2.75, 3.05) is 32.1 Å². The molecule has 0 spiro atoms. The Kier molecular flexibility index (Phi) is 5.92. The molecule has 0 unspecified atom stereocenters. The van der Waals surface area contributed by atoms with E-state index in [0.29, 0.717) is 19.6 Å². The molecule has 2 aromatic rings. The number of carbonyl (C=O) groups excluding carboxylic acids is 1. The van der Waals surface area contributed by atoms with E-state index < -0.39 is 11.7 Å². The van der Waals surface area contributed by atoms with Gasteiger partial charge in [-0.05, 0) is 19.1 Å². The minimum Gasteiger partial charge on any atom is -0.363 e. The number of amides is 1. The minimum absolute atomic E-state index is 0.0653. The molecular weight excluding hydrogens is 309 g/mol. The van der Waals surface area contributed by atoms with Gasteiger partial charge < -0.3 is 15.5 Å². The maximum absolute atomic E-state index is 13.5. The number of hydrogen-bond acceptors (Lipinski definition) is 4. The van der Waals surface area contributed by atoms with Crippen LogP contribution in [0.1, 0.15) is 21.6 Å². The third-order valence-corrected chi connectivity index (χ3v) is 3.74. The third-order valence-electron chi connectivity index (χ3n) is 3.74. The Morgan fingerprint density at radius 2 is 2.00 bits per heavy atom. The van der Waals surface area contributed by atoms with E-state index in [0.717, 1.165) is 17.1 Å².